The van der Waals surface area contributed by atoms with Crippen LogP contribution in [0.4, 0.5) is 0 Å². The van der Waals surface area contributed by atoms with Gasteiger partial charge in [0.1, 0.15) is 11.6 Å². The van der Waals surface area contributed by atoms with Crippen LogP contribution in [-0.2, 0) is 13.0 Å². The molecule has 8 heteroatoms. The second-order valence-corrected chi connectivity index (χ2v) is 11.2. The van der Waals surface area contributed by atoms with E-state index >= 15 is 0 Å². The highest BCUT2D eigenvalue weighted by Crippen LogP contribution is 2.52. The molecule has 5 rings (SSSR count). The zero-order valence-corrected chi connectivity index (χ0v) is 22.7. The highest BCUT2D eigenvalue weighted by atomic mass is 16.7. The number of aromatic nitrogens is 1. The lowest BCUT2D eigenvalue weighted by molar-refractivity contribution is -0.123. The van der Waals surface area contributed by atoms with Gasteiger partial charge in [-0.3, -0.25) is 9.59 Å². The molecule has 1 fully saturated rings. The normalized spacial score (nSPS) is 24.8. The molecule has 2 aromatic rings. The molecule has 37 heavy (non-hydrogen) atoms. The van der Waals surface area contributed by atoms with Crippen molar-refractivity contribution in [1.82, 2.24) is 14.8 Å². The first-order valence-electron chi connectivity index (χ1n) is 13.2. The molecular formula is C29H36N4O4. The average Bonchev–Trinajstić information content (AvgIpc) is 3.21. The molecule has 1 aromatic heterocycles. The third-order valence-electron chi connectivity index (χ3n) is 8.62. The van der Waals surface area contributed by atoms with Gasteiger partial charge in [0.2, 0.25) is 0 Å². The molecule has 0 saturated heterocycles. The number of rotatable bonds is 4. The number of aromatic amines is 1. The number of fused-ring (bicyclic) bond motifs is 2. The Balaban J connectivity index is 1.46. The molecule has 1 aliphatic carbocycles. The van der Waals surface area contributed by atoms with Gasteiger partial charge in [-0.1, -0.05) is 0 Å². The predicted molar refractivity (Wildman–Crippen MR) is 140 cm³/mol. The van der Waals surface area contributed by atoms with Gasteiger partial charge in [0.15, 0.2) is 11.5 Å². The van der Waals surface area contributed by atoms with Crippen molar-refractivity contribution in [2.75, 3.05) is 20.6 Å². The van der Waals surface area contributed by atoms with Gasteiger partial charge in [-0.05, 0) is 84.2 Å². The molecular weight excluding hydrogens is 468 g/mol. The van der Waals surface area contributed by atoms with Crippen LogP contribution in [0.3, 0.4) is 0 Å². The number of hydrogen-bond acceptors (Lipinski definition) is 6. The third kappa shape index (κ3) is 4.19. The van der Waals surface area contributed by atoms with Gasteiger partial charge in [0.25, 0.3) is 17.3 Å². The smallest absolute Gasteiger partial charge is 0.254 e. The average molecular weight is 505 g/mol. The Hall–Kier alpha value is -3.31. The van der Waals surface area contributed by atoms with E-state index in [0.717, 1.165) is 42.5 Å². The first kappa shape index (κ1) is 25.3. The minimum absolute atomic E-state index is 0.170. The molecule has 2 aliphatic heterocycles. The fraction of sp³-hybridized carbons (Fsp3) is 0.552. The molecule has 1 amide bonds. The summed E-state index contributed by atoms with van der Waals surface area (Å²) in [6, 6.07) is 4.79. The van der Waals surface area contributed by atoms with Gasteiger partial charge in [-0.25, -0.2) is 0 Å². The number of nitriles is 1. The number of nitrogens with one attached hydrogen (secondary N) is 1. The quantitative estimate of drug-likeness (QED) is 0.676. The number of carbonyl (C=O) groups is 1. The summed E-state index contributed by atoms with van der Waals surface area (Å²) in [7, 11) is 4.24. The lowest BCUT2D eigenvalue weighted by Gasteiger charge is -2.39. The number of H-pyrrole nitrogens is 1. The SMILES string of the molecule is Cc1cc(C)c(CN2CCc3c(C#N)c4c(c(C)c3C2=O)OC(C)([C@H]2CC[C@H](N(C)C)CC2)O4)c(=O)[nH]1. The Morgan fingerprint density at radius 1 is 1.14 bits per heavy atom. The molecule has 1 unspecified atom stereocenters. The first-order chi connectivity index (χ1) is 17.5. The molecule has 3 aliphatic rings. The van der Waals surface area contributed by atoms with E-state index in [1.54, 1.807) is 4.90 Å². The number of ether oxygens (including phenoxy) is 2. The number of benzene rings is 1. The summed E-state index contributed by atoms with van der Waals surface area (Å²) in [6.45, 7) is 8.23. The zero-order chi connectivity index (χ0) is 26.6. The summed E-state index contributed by atoms with van der Waals surface area (Å²) in [6.07, 6.45) is 4.62. The van der Waals surface area contributed by atoms with Crippen LogP contribution in [0.2, 0.25) is 0 Å². The van der Waals surface area contributed by atoms with Crippen LogP contribution in [0.25, 0.3) is 0 Å². The van der Waals surface area contributed by atoms with Crippen LogP contribution in [-0.4, -0.2) is 53.2 Å². The number of pyridine rings is 1. The molecule has 1 N–H and O–H groups in total. The van der Waals surface area contributed by atoms with E-state index in [9.17, 15) is 14.9 Å². The Kier molecular flexibility index (Phi) is 6.31. The van der Waals surface area contributed by atoms with E-state index in [0.29, 0.717) is 52.8 Å². The first-order valence-corrected chi connectivity index (χ1v) is 13.2. The Morgan fingerprint density at radius 3 is 2.43 bits per heavy atom. The molecule has 3 heterocycles. The van der Waals surface area contributed by atoms with Crippen molar-refractivity contribution in [1.29, 1.82) is 5.26 Å². The zero-order valence-electron chi connectivity index (χ0n) is 22.7. The fourth-order valence-corrected chi connectivity index (χ4v) is 6.40. The molecule has 1 atom stereocenters. The number of hydrogen-bond donors (Lipinski definition) is 1. The highest BCUT2D eigenvalue weighted by Gasteiger charge is 2.49. The largest absolute Gasteiger partial charge is 0.448 e. The van der Waals surface area contributed by atoms with Crippen molar-refractivity contribution in [3.63, 3.8) is 0 Å². The van der Waals surface area contributed by atoms with Gasteiger partial charge in [0, 0.05) is 42.2 Å². The lowest BCUT2D eigenvalue weighted by atomic mass is 9.81. The maximum Gasteiger partial charge on any atom is 0.254 e. The van der Waals surface area contributed by atoms with E-state index in [-0.39, 0.29) is 23.9 Å². The fourth-order valence-electron chi connectivity index (χ4n) is 6.40. The van der Waals surface area contributed by atoms with Crippen molar-refractivity contribution in [2.45, 2.75) is 78.2 Å². The van der Waals surface area contributed by atoms with E-state index in [1.807, 2.05) is 33.8 Å². The minimum Gasteiger partial charge on any atom is -0.448 e. The van der Waals surface area contributed by atoms with Gasteiger partial charge >= 0.3 is 0 Å². The van der Waals surface area contributed by atoms with Crippen molar-refractivity contribution < 1.29 is 14.3 Å². The maximum atomic E-state index is 13.8. The summed E-state index contributed by atoms with van der Waals surface area (Å²) >= 11 is 0. The van der Waals surface area contributed by atoms with E-state index in [1.165, 1.54) is 0 Å². The predicted octanol–water partition coefficient (Wildman–Crippen LogP) is 3.98. The topological polar surface area (TPSA) is 98.7 Å². The van der Waals surface area contributed by atoms with E-state index in [2.05, 4.69) is 30.0 Å². The number of nitrogens with zero attached hydrogens (tertiary/aromatic N) is 3. The number of aryl methyl sites for hydroxylation is 2. The molecule has 1 saturated carbocycles. The molecule has 0 bridgehead atoms. The lowest BCUT2D eigenvalue weighted by Crippen LogP contribution is -2.46. The Morgan fingerprint density at radius 2 is 1.81 bits per heavy atom. The third-order valence-corrected chi connectivity index (χ3v) is 8.62. The standard InChI is InChI=1S/C29H36N4O4/c1-16-13-17(2)31-27(34)23(16)15-33-12-11-21-22(14-30)26-25(18(3)24(21)28(33)35)36-29(4,37-26)19-7-9-20(10-8-19)32(5)6/h13,19-20H,7-12,15H2,1-6H3,(H,31,34)/t19-,20-,29?. The molecule has 8 nitrogen and oxygen atoms in total. The van der Waals surface area contributed by atoms with Crippen molar-refractivity contribution >= 4 is 5.91 Å². The van der Waals surface area contributed by atoms with Crippen LogP contribution in [0.15, 0.2) is 10.9 Å². The van der Waals surface area contributed by atoms with Gasteiger partial charge < -0.3 is 24.3 Å². The van der Waals surface area contributed by atoms with Crippen molar-refractivity contribution in [3.8, 4) is 17.6 Å². The van der Waals surface area contributed by atoms with E-state index in [4.69, 9.17) is 9.47 Å². The minimum atomic E-state index is -0.866. The highest BCUT2D eigenvalue weighted by molar-refractivity contribution is 6.00. The second-order valence-electron chi connectivity index (χ2n) is 11.2. The summed E-state index contributed by atoms with van der Waals surface area (Å²) in [5.74, 6) is 0.133. The van der Waals surface area contributed by atoms with Gasteiger partial charge in [-0.2, -0.15) is 5.26 Å². The summed E-state index contributed by atoms with van der Waals surface area (Å²) < 4.78 is 13.0. The monoisotopic (exact) mass is 504 g/mol. The maximum absolute atomic E-state index is 13.8. The van der Waals surface area contributed by atoms with Crippen molar-refractivity contribution in [2.24, 2.45) is 5.92 Å². The molecule has 0 radical (unpaired) electrons. The van der Waals surface area contributed by atoms with Crippen LogP contribution in [0.1, 0.15) is 76.5 Å². The van der Waals surface area contributed by atoms with Crippen LogP contribution in [0.5, 0.6) is 11.5 Å². The number of carbonyl (C=O) groups excluding carboxylic acids is 1. The van der Waals surface area contributed by atoms with Crippen molar-refractivity contribution in [3.05, 3.63) is 55.5 Å². The van der Waals surface area contributed by atoms with Gasteiger partial charge in [-0.15, -0.1) is 0 Å². The van der Waals surface area contributed by atoms with Crippen LogP contribution >= 0.6 is 0 Å². The Bertz CT molecular complexity index is 1360. The number of amides is 1. The summed E-state index contributed by atoms with van der Waals surface area (Å²) in [5.41, 5.74) is 4.41. The Labute approximate surface area is 218 Å². The summed E-state index contributed by atoms with van der Waals surface area (Å²) in [5, 5.41) is 10.1. The van der Waals surface area contributed by atoms with Crippen LogP contribution in [0, 0.1) is 38.0 Å². The molecule has 1 aromatic carbocycles. The summed E-state index contributed by atoms with van der Waals surface area (Å²) in [4.78, 5) is 33.2. The van der Waals surface area contributed by atoms with Crippen LogP contribution < -0.4 is 15.0 Å². The molecule has 0 spiro atoms. The molecule has 196 valence electrons. The van der Waals surface area contributed by atoms with Gasteiger partial charge in [0.05, 0.1) is 12.1 Å². The van der Waals surface area contributed by atoms with E-state index < -0.39 is 5.79 Å². The second kappa shape index (κ2) is 9.21.